The van der Waals surface area contributed by atoms with Crippen LogP contribution in [0.15, 0.2) is 41.7 Å². The normalized spacial score (nSPS) is 16.3. The first-order valence-corrected chi connectivity index (χ1v) is 8.82. The van der Waals surface area contributed by atoms with Crippen LogP contribution in [-0.2, 0) is 9.53 Å². The van der Waals surface area contributed by atoms with Gasteiger partial charge >= 0.3 is 6.09 Å². The highest BCUT2D eigenvalue weighted by Gasteiger charge is 2.18. The SMILES string of the molecule is CCOC(=O)Nc1nc2c(-n3cccn3)cc(C3=CC(=O)C(C)N=C3)cc2[nH]1. The molecule has 0 saturated heterocycles. The summed E-state index contributed by atoms with van der Waals surface area (Å²) in [6, 6.07) is 5.17. The van der Waals surface area contributed by atoms with E-state index in [9.17, 15) is 9.59 Å². The number of anilines is 1. The number of imidazole rings is 1. The topological polar surface area (TPSA) is 114 Å². The molecule has 0 aliphatic carbocycles. The molecule has 9 heteroatoms. The Labute approximate surface area is 160 Å². The van der Waals surface area contributed by atoms with Gasteiger partial charge in [-0.25, -0.2) is 14.5 Å². The molecule has 0 fully saturated rings. The highest BCUT2D eigenvalue weighted by molar-refractivity contribution is 6.20. The molecule has 3 heterocycles. The first kappa shape index (κ1) is 17.7. The van der Waals surface area contributed by atoms with E-state index in [0.29, 0.717) is 22.3 Å². The van der Waals surface area contributed by atoms with Crippen molar-refractivity contribution in [2.24, 2.45) is 4.99 Å². The number of dihydropyridines is 1. The number of rotatable bonds is 4. The van der Waals surface area contributed by atoms with Gasteiger partial charge < -0.3 is 9.72 Å². The fraction of sp³-hybridized carbons (Fsp3) is 0.211. The van der Waals surface area contributed by atoms with Crippen molar-refractivity contribution < 1.29 is 14.3 Å². The molecule has 0 spiro atoms. The van der Waals surface area contributed by atoms with E-state index < -0.39 is 6.09 Å². The molecule has 1 aromatic carbocycles. The number of ketones is 1. The van der Waals surface area contributed by atoms with Crippen LogP contribution in [0.2, 0.25) is 0 Å². The quantitative estimate of drug-likeness (QED) is 0.724. The van der Waals surface area contributed by atoms with E-state index in [0.717, 1.165) is 5.56 Å². The number of carbonyl (C=O) groups excluding carboxylic acids is 2. The number of hydrogen-bond donors (Lipinski definition) is 2. The first-order valence-electron chi connectivity index (χ1n) is 8.82. The second kappa shape index (κ2) is 7.10. The number of amides is 1. The molecule has 0 radical (unpaired) electrons. The summed E-state index contributed by atoms with van der Waals surface area (Å²) in [5, 5.41) is 6.84. The maximum absolute atomic E-state index is 12.1. The fourth-order valence-electron chi connectivity index (χ4n) is 2.91. The fourth-order valence-corrected chi connectivity index (χ4v) is 2.91. The Kier molecular flexibility index (Phi) is 4.48. The first-order chi connectivity index (χ1) is 13.5. The third-order valence-corrected chi connectivity index (χ3v) is 4.29. The summed E-state index contributed by atoms with van der Waals surface area (Å²) >= 11 is 0. The number of ether oxygens (including phenoxy) is 1. The summed E-state index contributed by atoms with van der Waals surface area (Å²) in [6.07, 6.45) is 6.13. The second-order valence-corrected chi connectivity index (χ2v) is 6.23. The van der Waals surface area contributed by atoms with Gasteiger partial charge in [-0.15, -0.1) is 0 Å². The molecule has 1 amide bonds. The van der Waals surface area contributed by atoms with Crippen molar-refractivity contribution in [3.63, 3.8) is 0 Å². The summed E-state index contributed by atoms with van der Waals surface area (Å²) in [6.45, 7) is 3.74. The van der Waals surface area contributed by atoms with Crippen LogP contribution >= 0.6 is 0 Å². The van der Waals surface area contributed by atoms with Gasteiger partial charge in [-0.05, 0) is 43.7 Å². The third-order valence-electron chi connectivity index (χ3n) is 4.29. The standard InChI is InChI=1S/C19H18N6O3/c1-3-28-19(27)24-18-22-14-7-12(13-9-16(26)11(2)20-10-13)8-15(17(14)23-18)25-6-4-5-21-25/h4-11H,3H2,1-2H3,(H2,22,23,24,27). The van der Waals surface area contributed by atoms with E-state index >= 15 is 0 Å². The lowest BCUT2D eigenvalue weighted by molar-refractivity contribution is -0.115. The molecule has 1 aliphatic heterocycles. The number of aliphatic imine (C=N–C) groups is 1. The number of hydrogen-bond acceptors (Lipinski definition) is 6. The minimum Gasteiger partial charge on any atom is -0.450 e. The van der Waals surface area contributed by atoms with Crippen LogP contribution in [0, 0.1) is 0 Å². The largest absolute Gasteiger partial charge is 0.450 e. The number of aromatic nitrogens is 4. The number of allylic oxidation sites excluding steroid dienone is 1. The molecular weight excluding hydrogens is 360 g/mol. The predicted octanol–water partition coefficient (Wildman–Crippen LogP) is 2.74. The summed E-state index contributed by atoms with van der Waals surface area (Å²) in [7, 11) is 0. The Morgan fingerprint density at radius 3 is 2.96 bits per heavy atom. The average molecular weight is 378 g/mol. The van der Waals surface area contributed by atoms with Crippen LogP contribution in [0.4, 0.5) is 10.7 Å². The number of H-pyrrole nitrogens is 1. The molecule has 0 bridgehead atoms. The van der Waals surface area contributed by atoms with Crippen LogP contribution in [-0.4, -0.2) is 50.5 Å². The van der Waals surface area contributed by atoms with Crippen molar-refractivity contribution in [3.05, 3.63) is 42.2 Å². The predicted molar refractivity (Wildman–Crippen MR) is 105 cm³/mol. The van der Waals surface area contributed by atoms with Crippen LogP contribution in [0.25, 0.3) is 22.3 Å². The summed E-state index contributed by atoms with van der Waals surface area (Å²) in [4.78, 5) is 35.5. The van der Waals surface area contributed by atoms with Gasteiger partial charge in [-0.1, -0.05) is 0 Å². The highest BCUT2D eigenvalue weighted by atomic mass is 16.5. The number of carbonyl (C=O) groups is 2. The summed E-state index contributed by atoms with van der Waals surface area (Å²) in [5.41, 5.74) is 3.48. The number of fused-ring (bicyclic) bond motifs is 1. The molecular formula is C19H18N6O3. The summed E-state index contributed by atoms with van der Waals surface area (Å²) < 4.78 is 6.57. The lowest BCUT2D eigenvalue weighted by Gasteiger charge is -2.12. The molecule has 2 aromatic heterocycles. The Morgan fingerprint density at radius 2 is 2.25 bits per heavy atom. The number of nitrogens with one attached hydrogen (secondary N) is 2. The van der Waals surface area contributed by atoms with Crippen LogP contribution < -0.4 is 5.32 Å². The maximum Gasteiger partial charge on any atom is 0.413 e. The van der Waals surface area contributed by atoms with Crippen molar-refractivity contribution in [1.29, 1.82) is 0 Å². The van der Waals surface area contributed by atoms with Crippen LogP contribution in [0.1, 0.15) is 19.4 Å². The molecule has 142 valence electrons. The van der Waals surface area contributed by atoms with Gasteiger partial charge in [0.25, 0.3) is 0 Å². The van der Waals surface area contributed by atoms with Gasteiger partial charge in [0.05, 0.1) is 17.8 Å². The van der Waals surface area contributed by atoms with Gasteiger partial charge in [0.15, 0.2) is 5.78 Å². The second-order valence-electron chi connectivity index (χ2n) is 6.23. The number of benzene rings is 1. The lowest BCUT2D eigenvalue weighted by atomic mass is 10.00. The highest BCUT2D eigenvalue weighted by Crippen LogP contribution is 2.28. The molecule has 1 atom stereocenters. The molecule has 1 aliphatic rings. The Hall–Kier alpha value is -3.75. The van der Waals surface area contributed by atoms with Crippen molar-refractivity contribution in [2.75, 3.05) is 11.9 Å². The maximum atomic E-state index is 12.1. The van der Waals surface area contributed by atoms with Gasteiger partial charge in [0.1, 0.15) is 11.6 Å². The van der Waals surface area contributed by atoms with E-state index in [-0.39, 0.29) is 24.4 Å². The Bertz CT molecular complexity index is 1110. The van der Waals surface area contributed by atoms with Crippen LogP contribution in [0.5, 0.6) is 0 Å². The Morgan fingerprint density at radius 1 is 1.39 bits per heavy atom. The van der Waals surface area contributed by atoms with E-state index in [4.69, 9.17) is 4.74 Å². The van der Waals surface area contributed by atoms with Crippen molar-refractivity contribution in [3.8, 4) is 5.69 Å². The summed E-state index contributed by atoms with van der Waals surface area (Å²) in [5.74, 6) is 0.211. The zero-order chi connectivity index (χ0) is 19.7. The molecule has 1 unspecified atom stereocenters. The van der Waals surface area contributed by atoms with Crippen molar-refractivity contribution in [2.45, 2.75) is 19.9 Å². The molecule has 2 N–H and O–H groups in total. The van der Waals surface area contributed by atoms with Crippen LogP contribution in [0.3, 0.4) is 0 Å². The van der Waals surface area contributed by atoms with E-state index in [1.165, 1.54) is 0 Å². The van der Waals surface area contributed by atoms with E-state index in [1.807, 2.05) is 12.1 Å². The monoisotopic (exact) mass is 378 g/mol. The minimum atomic E-state index is -0.593. The average Bonchev–Trinajstić information content (AvgIpc) is 3.32. The molecule has 9 nitrogen and oxygen atoms in total. The van der Waals surface area contributed by atoms with E-state index in [1.54, 1.807) is 49.3 Å². The van der Waals surface area contributed by atoms with Gasteiger partial charge in [-0.2, -0.15) is 5.10 Å². The zero-order valence-electron chi connectivity index (χ0n) is 15.3. The number of nitrogens with zero attached hydrogens (tertiary/aromatic N) is 4. The number of aromatic amines is 1. The van der Waals surface area contributed by atoms with E-state index in [2.05, 4.69) is 25.4 Å². The van der Waals surface area contributed by atoms with Crippen molar-refractivity contribution >= 4 is 40.6 Å². The smallest absolute Gasteiger partial charge is 0.413 e. The zero-order valence-corrected chi connectivity index (χ0v) is 15.3. The third kappa shape index (κ3) is 3.29. The molecule has 0 saturated carbocycles. The molecule has 28 heavy (non-hydrogen) atoms. The lowest BCUT2D eigenvalue weighted by Crippen LogP contribution is -2.16. The van der Waals surface area contributed by atoms with Gasteiger partial charge in [0, 0.05) is 24.2 Å². The van der Waals surface area contributed by atoms with Gasteiger partial charge in [0.2, 0.25) is 5.95 Å². The van der Waals surface area contributed by atoms with Crippen molar-refractivity contribution in [1.82, 2.24) is 19.7 Å². The Balaban J connectivity index is 1.82. The minimum absolute atomic E-state index is 0.0486. The van der Waals surface area contributed by atoms with Gasteiger partial charge in [-0.3, -0.25) is 15.1 Å². The molecule has 4 rings (SSSR count). The molecule has 3 aromatic rings.